The minimum Gasteiger partial charge on any atom is -0.322 e. The van der Waals surface area contributed by atoms with Crippen molar-refractivity contribution in [3.8, 4) is 33.2 Å². The van der Waals surface area contributed by atoms with Crippen molar-refractivity contribution < 1.29 is 4.79 Å². The van der Waals surface area contributed by atoms with Crippen molar-refractivity contribution in [2.24, 2.45) is 0 Å². The molecular formula is C27H19ClN4O2S. The van der Waals surface area contributed by atoms with Crippen molar-refractivity contribution in [3.63, 3.8) is 0 Å². The van der Waals surface area contributed by atoms with Crippen LogP contribution in [0.25, 0.3) is 33.2 Å². The summed E-state index contributed by atoms with van der Waals surface area (Å²) in [6, 6.07) is 24.3. The fourth-order valence-electron chi connectivity index (χ4n) is 3.59. The molecule has 2 heterocycles. The summed E-state index contributed by atoms with van der Waals surface area (Å²) >= 11 is 7.55. The number of anilines is 1. The Balaban J connectivity index is 1.32. The molecule has 0 radical (unpaired) electrons. The largest absolute Gasteiger partial charge is 0.322 e. The average Bonchev–Trinajstić information content (AvgIpc) is 3.27. The molecular weight excluding hydrogens is 480 g/mol. The van der Waals surface area contributed by atoms with Crippen LogP contribution < -0.4 is 10.9 Å². The number of hydrogen-bond donors (Lipinski definition) is 2. The summed E-state index contributed by atoms with van der Waals surface area (Å²) in [6.07, 6.45) is 1.27. The molecule has 0 saturated carbocycles. The third-order valence-electron chi connectivity index (χ3n) is 5.40. The van der Waals surface area contributed by atoms with Gasteiger partial charge in [0.15, 0.2) is 0 Å². The van der Waals surface area contributed by atoms with Gasteiger partial charge in [0.2, 0.25) is 0 Å². The molecule has 0 saturated heterocycles. The van der Waals surface area contributed by atoms with Crippen molar-refractivity contribution in [1.82, 2.24) is 15.0 Å². The number of amides is 1. The van der Waals surface area contributed by atoms with Gasteiger partial charge in [0.1, 0.15) is 16.4 Å². The molecule has 5 rings (SSSR count). The minimum absolute atomic E-state index is 0.0744. The number of nitrogens with zero attached hydrogens (tertiary/aromatic N) is 2. The quantitative estimate of drug-likeness (QED) is 0.292. The lowest BCUT2D eigenvalue weighted by atomic mass is 10.1. The van der Waals surface area contributed by atoms with Gasteiger partial charge in [-0.05, 0) is 43.3 Å². The molecule has 0 bridgehead atoms. The lowest BCUT2D eigenvalue weighted by molar-refractivity contribution is 0.102. The summed E-state index contributed by atoms with van der Waals surface area (Å²) in [5.74, 6) is -0.175. The molecule has 3 aromatic carbocycles. The van der Waals surface area contributed by atoms with Gasteiger partial charge in [-0.2, -0.15) is 0 Å². The van der Waals surface area contributed by atoms with E-state index in [1.165, 1.54) is 6.20 Å². The number of nitrogens with one attached hydrogen (secondary N) is 2. The molecule has 35 heavy (non-hydrogen) atoms. The van der Waals surface area contributed by atoms with E-state index in [0.29, 0.717) is 22.1 Å². The van der Waals surface area contributed by atoms with E-state index in [9.17, 15) is 9.59 Å². The van der Waals surface area contributed by atoms with Crippen LogP contribution in [0, 0.1) is 6.92 Å². The molecule has 8 heteroatoms. The number of carbonyl (C=O) groups is 1. The van der Waals surface area contributed by atoms with Crippen molar-refractivity contribution in [2.75, 3.05) is 5.32 Å². The van der Waals surface area contributed by atoms with Gasteiger partial charge in [-0.15, -0.1) is 11.3 Å². The maximum absolute atomic E-state index is 12.7. The second kappa shape index (κ2) is 9.66. The van der Waals surface area contributed by atoms with E-state index in [4.69, 9.17) is 16.6 Å². The average molecular weight is 499 g/mol. The highest BCUT2D eigenvalue weighted by Crippen LogP contribution is 2.33. The summed E-state index contributed by atoms with van der Waals surface area (Å²) in [4.78, 5) is 38.0. The Hall–Kier alpha value is -4.07. The van der Waals surface area contributed by atoms with Crippen LogP contribution in [0.4, 0.5) is 5.69 Å². The predicted molar refractivity (Wildman–Crippen MR) is 141 cm³/mol. The Labute approximate surface area is 210 Å². The molecule has 0 fully saturated rings. The van der Waals surface area contributed by atoms with Gasteiger partial charge in [0.05, 0.1) is 5.69 Å². The smallest absolute Gasteiger partial charge is 0.264 e. The zero-order valence-corrected chi connectivity index (χ0v) is 20.2. The molecule has 0 unspecified atom stereocenters. The highest BCUT2D eigenvalue weighted by molar-refractivity contribution is 7.15. The fraction of sp³-hybridized carbons (Fsp3) is 0.0370. The van der Waals surface area contributed by atoms with Crippen molar-refractivity contribution in [1.29, 1.82) is 0 Å². The van der Waals surface area contributed by atoms with Crippen LogP contribution in [-0.2, 0) is 0 Å². The summed E-state index contributed by atoms with van der Waals surface area (Å²) in [5.41, 5.74) is 3.60. The zero-order valence-electron chi connectivity index (χ0n) is 18.6. The highest BCUT2D eigenvalue weighted by Gasteiger charge is 2.15. The van der Waals surface area contributed by atoms with Gasteiger partial charge in [-0.3, -0.25) is 9.59 Å². The standard InChI is InChI=1S/C27H19ClN4O2S/c1-16-23(31-27(35-16)19-5-3-2-4-6-19)17-9-13-21(14-10-17)30-25(33)22-15-29-24(32-26(22)34)18-7-11-20(28)12-8-18/h2-15H,1H3,(H,30,33)(H,29,32,34). The first-order valence-electron chi connectivity index (χ1n) is 10.8. The van der Waals surface area contributed by atoms with Crippen LogP contribution in [0.5, 0.6) is 0 Å². The van der Waals surface area contributed by atoms with Crippen LogP contribution in [0.2, 0.25) is 5.02 Å². The number of hydrogen-bond acceptors (Lipinski definition) is 5. The number of rotatable bonds is 5. The van der Waals surface area contributed by atoms with Crippen molar-refractivity contribution in [2.45, 2.75) is 6.92 Å². The summed E-state index contributed by atoms with van der Waals surface area (Å²) in [5, 5.41) is 4.30. The molecule has 0 atom stereocenters. The topological polar surface area (TPSA) is 87.7 Å². The number of aryl methyl sites for hydroxylation is 1. The number of aromatic nitrogens is 3. The van der Waals surface area contributed by atoms with Crippen LogP contribution in [-0.4, -0.2) is 20.9 Å². The third kappa shape index (κ3) is 4.91. The number of aromatic amines is 1. The molecule has 172 valence electrons. The minimum atomic E-state index is -0.537. The van der Waals surface area contributed by atoms with E-state index < -0.39 is 11.5 Å². The van der Waals surface area contributed by atoms with Gasteiger partial charge < -0.3 is 10.3 Å². The van der Waals surface area contributed by atoms with Crippen LogP contribution in [0.1, 0.15) is 15.2 Å². The fourth-order valence-corrected chi connectivity index (χ4v) is 4.66. The van der Waals surface area contributed by atoms with Crippen molar-refractivity contribution >= 4 is 34.5 Å². The van der Waals surface area contributed by atoms with Gasteiger partial charge in [0, 0.05) is 38.5 Å². The number of carbonyl (C=O) groups excluding carboxylic acids is 1. The Morgan fingerprint density at radius 3 is 2.29 bits per heavy atom. The predicted octanol–water partition coefficient (Wildman–Crippen LogP) is 6.44. The molecule has 5 aromatic rings. The third-order valence-corrected chi connectivity index (χ3v) is 6.67. The Morgan fingerprint density at radius 2 is 1.60 bits per heavy atom. The number of thiazole rings is 1. The van der Waals surface area contributed by atoms with Crippen molar-refractivity contribution in [3.05, 3.63) is 111 Å². The number of H-pyrrole nitrogens is 1. The number of benzene rings is 3. The molecule has 0 spiro atoms. The molecule has 6 nitrogen and oxygen atoms in total. The Kier molecular flexibility index (Phi) is 6.27. The van der Waals surface area contributed by atoms with E-state index in [2.05, 4.69) is 15.3 Å². The summed E-state index contributed by atoms with van der Waals surface area (Å²) in [7, 11) is 0. The lowest BCUT2D eigenvalue weighted by Crippen LogP contribution is -2.24. The van der Waals surface area contributed by atoms with Crippen LogP contribution >= 0.6 is 22.9 Å². The van der Waals surface area contributed by atoms with Crippen LogP contribution in [0.15, 0.2) is 89.9 Å². The molecule has 0 aliphatic heterocycles. The highest BCUT2D eigenvalue weighted by atomic mass is 35.5. The zero-order chi connectivity index (χ0) is 24.4. The van der Waals surface area contributed by atoms with Gasteiger partial charge >= 0.3 is 0 Å². The maximum Gasteiger partial charge on any atom is 0.264 e. The van der Waals surface area contributed by atoms with Crippen LogP contribution in [0.3, 0.4) is 0 Å². The van der Waals surface area contributed by atoms with E-state index in [1.54, 1.807) is 47.7 Å². The number of halogens is 1. The first-order valence-corrected chi connectivity index (χ1v) is 12.0. The maximum atomic E-state index is 12.7. The Bertz CT molecular complexity index is 1560. The van der Waals surface area contributed by atoms with Gasteiger partial charge in [-0.1, -0.05) is 54.1 Å². The lowest BCUT2D eigenvalue weighted by Gasteiger charge is -2.07. The van der Waals surface area contributed by atoms with Gasteiger partial charge in [-0.25, -0.2) is 9.97 Å². The molecule has 2 aromatic heterocycles. The van der Waals surface area contributed by atoms with Gasteiger partial charge in [0.25, 0.3) is 11.5 Å². The summed E-state index contributed by atoms with van der Waals surface area (Å²) in [6.45, 7) is 2.04. The second-order valence-electron chi connectivity index (χ2n) is 7.80. The summed E-state index contributed by atoms with van der Waals surface area (Å²) < 4.78 is 0. The normalized spacial score (nSPS) is 10.8. The SMILES string of the molecule is Cc1sc(-c2ccccc2)nc1-c1ccc(NC(=O)c2cnc(-c3ccc(Cl)cc3)[nH]c2=O)cc1. The second-order valence-corrected chi connectivity index (χ2v) is 9.44. The molecule has 2 N–H and O–H groups in total. The van der Waals surface area contributed by atoms with E-state index in [-0.39, 0.29) is 5.56 Å². The molecule has 0 aliphatic carbocycles. The Morgan fingerprint density at radius 1 is 0.914 bits per heavy atom. The first kappa shape index (κ1) is 22.7. The first-order chi connectivity index (χ1) is 17.0. The molecule has 0 aliphatic rings. The monoisotopic (exact) mass is 498 g/mol. The van der Waals surface area contributed by atoms with E-state index in [1.807, 2.05) is 49.4 Å². The van der Waals surface area contributed by atoms with E-state index in [0.717, 1.165) is 26.7 Å². The molecule has 1 amide bonds. The van der Waals surface area contributed by atoms with E-state index >= 15 is 0 Å².